The van der Waals surface area contributed by atoms with Gasteiger partial charge < -0.3 is 10.4 Å². The monoisotopic (exact) mass is 269 g/mol. The van der Waals surface area contributed by atoms with Gasteiger partial charge in [-0.25, -0.2) is 4.79 Å². The molecule has 18 heavy (non-hydrogen) atoms. The largest absolute Gasteiger partial charge is 0.474 e. The highest BCUT2D eigenvalue weighted by Crippen LogP contribution is 2.16. The zero-order valence-electron chi connectivity index (χ0n) is 10.4. The summed E-state index contributed by atoms with van der Waals surface area (Å²) in [5, 5.41) is 11.7. The van der Waals surface area contributed by atoms with E-state index in [9.17, 15) is 9.59 Å². The summed E-state index contributed by atoms with van der Waals surface area (Å²) in [6.45, 7) is 3.58. The zero-order chi connectivity index (χ0) is 13.8. The fraction of sp³-hybridized carbons (Fsp3) is 0.385. The van der Waals surface area contributed by atoms with Gasteiger partial charge in [0.1, 0.15) is 0 Å². The highest BCUT2D eigenvalue weighted by molar-refractivity contribution is 6.31. The Balaban J connectivity index is 2.56. The van der Waals surface area contributed by atoms with Crippen LogP contribution in [-0.2, 0) is 16.0 Å². The Bertz CT molecular complexity index is 457. The second-order valence-corrected chi connectivity index (χ2v) is 5.21. The predicted molar refractivity (Wildman–Crippen MR) is 69.6 cm³/mol. The van der Waals surface area contributed by atoms with Crippen LogP contribution in [0.5, 0.6) is 0 Å². The Morgan fingerprint density at radius 2 is 2.06 bits per heavy atom. The van der Waals surface area contributed by atoms with Crippen molar-refractivity contribution in [3.63, 3.8) is 0 Å². The molecule has 4 nitrogen and oxygen atoms in total. The molecule has 0 heterocycles. The number of amides is 1. The molecule has 0 saturated carbocycles. The summed E-state index contributed by atoms with van der Waals surface area (Å²) < 4.78 is 0. The van der Waals surface area contributed by atoms with Gasteiger partial charge in [0.15, 0.2) is 0 Å². The fourth-order valence-corrected chi connectivity index (χ4v) is 1.79. The van der Waals surface area contributed by atoms with Crippen LogP contribution in [0.15, 0.2) is 24.3 Å². The number of carbonyl (C=O) groups excluding carboxylic acids is 1. The molecule has 0 unspecified atom stereocenters. The van der Waals surface area contributed by atoms with Gasteiger partial charge in [0.25, 0.3) is 0 Å². The Morgan fingerprint density at radius 3 is 2.61 bits per heavy atom. The summed E-state index contributed by atoms with van der Waals surface area (Å²) in [4.78, 5) is 21.6. The van der Waals surface area contributed by atoms with Crippen molar-refractivity contribution in [2.75, 3.05) is 0 Å². The summed E-state index contributed by atoms with van der Waals surface area (Å²) in [5.41, 5.74) is 0.484. The minimum absolute atomic E-state index is 0.572. The molecule has 2 N–H and O–H groups in total. The minimum Gasteiger partial charge on any atom is -0.474 e. The molecule has 1 rings (SSSR count). The number of rotatable bonds is 4. The maximum atomic E-state index is 11.1. The van der Waals surface area contributed by atoms with Crippen LogP contribution in [0.4, 0.5) is 0 Å². The zero-order valence-corrected chi connectivity index (χ0v) is 11.1. The van der Waals surface area contributed by atoms with Gasteiger partial charge in [0.2, 0.25) is 0 Å². The molecule has 0 atom stereocenters. The summed E-state index contributed by atoms with van der Waals surface area (Å²) >= 11 is 5.87. The highest BCUT2D eigenvalue weighted by Gasteiger charge is 2.23. The predicted octanol–water partition coefficient (Wildman–Crippen LogP) is 2.25. The summed E-state index contributed by atoms with van der Waals surface area (Å²) in [7, 11) is 0. The smallest absolute Gasteiger partial charge is 0.394 e. The van der Waals surface area contributed by atoms with Crippen LogP contribution >= 0.6 is 11.6 Å². The molecule has 0 radical (unpaired) electrons. The number of carboxylic acids is 1. The number of aryl methyl sites for hydroxylation is 1. The van der Waals surface area contributed by atoms with Gasteiger partial charge in [-0.3, -0.25) is 4.79 Å². The lowest BCUT2D eigenvalue weighted by molar-refractivity contribution is -0.151. The Labute approximate surface area is 111 Å². The molecule has 0 aromatic heterocycles. The number of nitrogens with one attached hydrogen (secondary N) is 1. The molecule has 0 aliphatic rings. The van der Waals surface area contributed by atoms with E-state index in [1.165, 1.54) is 0 Å². The van der Waals surface area contributed by atoms with Crippen molar-refractivity contribution in [1.82, 2.24) is 5.32 Å². The second kappa shape index (κ2) is 5.87. The van der Waals surface area contributed by atoms with Crippen LogP contribution < -0.4 is 5.32 Å². The molecular weight excluding hydrogens is 254 g/mol. The van der Waals surface area contributed by atoms with Crippen molar-refractivity contribution in [2.24, 2.45) is 0 Å². The molecule has 1 aromatic carbocycles. The number of carbonyl (C=O) groups is 2. The van der Waals surface area contributed by atoms with E-state index < -0.39 is 17.4 Å². The third kappa shape index (κ3) is 4.75. The first kappa shape index (κ1) is 14.5. The topological polar surface area (TPSA) is 66.4 Å². The molecule has 0 spiro atoms. The van der Waals surface area contributed by atoms with E-state index in [1.54, 1.807) is 19.9 Å². The fourth-order valence-electron chi connectivity index (χ4n) is 1.57. The van der Waals surface area contributed by atoms with Gasteiger partial charge in [0.05, 0.1) is 0 Å². The number of hydrogen-bond acceptors (Lipinski definition) is 2. The maximum Gasteiger partial charge on any atom is 0.394 e. The van der Waals surface area contributed by atoms with Crippen molar-refractivity contribution in [3.05, 3.63) is 34.9 Å². The second-order valence-electron chi connectivity index (χ2n) is 4.77. The van der Waals surface area contributed by atoms with Crippen molar-refractivity contribution in [3.8, 4) is 0 Å². The van der Waals surface area contributed by atoms with Crippen molar-refractivity contribution >= 4 is 23.5 Å². The van der Waals surface area contributed by atoms with Crippen LogP contribution in [0.2, 0.25) is 5.02 Å². The standard InChI is InChI=1S/C13H16ClNO3/c1-13(2,15-11(16)12(17)18)7-6-9-4-3-5-10(14)8-9/h3-5,8H,6-7H2,1-2H3,(H,15,16)(H,17,18). The van der Waals surface area contributed by atoms with Gasteiger partial charge in [-0.1, -0.05) is 23.7 Å². The SMILES string of the molecule is CC(C)(CCc1cccc(Cl)c1)NC(=O)C(=O)O. The first-order valence-electron chi connectivity index (χ1n) is 5.60. The maximum absolute atomic E-state index is 11.1. The molecule has 0 aliphatic carbocycles. The molecule has 5 heteroatoms. The normalized spacial score (nSPS) is 11.1. The van der Waals surface area contributed by atoms with Crippen molar-refractivity contribution in [2.45, 2.75) is 32.2 Å². The molecule has 1 aromatic rings. The summed E-state index contributed by atoms with van der Waals surface area (Å²) in [5.74, 6) is -2.45. The van der Waals surface area contributed by atoms with E-state index in [0.717, 1.165) is 5.56 Å². The lowest BCUT2D eigenvalue weighted by Gasteiger charge is -2.25. The third-order valence-electron chi connectivity index (χ3n) is 2.57. The first-order valence-corrected chi connectivity index (χ1v) is 5.98. The minimum atomic E-state index is -1.47. The Kier molecular flexibility index (Phi) is 4.73. The van der Waals surface area contributed by atoms with Crippen LogP contribution in [-0.4, -0.2) is 22.5 Å². The van der Waals surface area contributed by atoms with E-state index in [0.29, 0.717) is 17.9 Å². The van der Waals surface area contributed by atoms with E-state index in [2.05, 4.69) is 5.32 Å². The Hall–Kier alpha value is -1.55. The molecule has 0 bridgehead atoms. The number of halogens is 1. The molecule has 0 fully saturated rings. The number of aliphatic carboxylic acids is 1. The summed E-state index contributed by atoms with van der Waals surface area (Å²) in [6.07, 6.45) is 1.35. The van der Waals surface area contributed by atoms with Crippen LogP contribution in [0, 0.1) is 0 Å². The summed E-state index contributed by atoms with van der Waals surface area (Å²) in [6, 6.07) is 7.46. The number of carboxylic acid groups (broad SMARTS) is 1. The molecule has 1 amide bonds. The lowest BCUT2D eigenvalue weighted by atomic mass is 9.95. The van der Waals surface area contributed by atoms with Crippen molar-refractivity contribution in [1.29, 1.82) is 0 Å². The average molecular weight is 270 g/mol. The van der Waals surface area contributed by atoms with E-state index in [-0.39, 0.29) is 0 Å². The average Bonchev–Trinajstić information content (AvgIpc) is 2.26. The van der Waals surface area contributed by atoms with Gasteiger partial charge in [-0.05, 0) is 44.4 Å². The van der Waals surface area contributed by atoms with Crippen LogP contribution in [0.3, 0.4) is 0 Å². The van der Waals surface area contributed by atoms with Gasteiger partial charge in [-0.15, -0.1) is 0 Å². The molecular formula is C13H16ClNO3. The van der Waals surface area contributed by atoms with Crippen molar-refractivity contribution < 1.29 is 14.7 Å². The molecule has 0 saturated heterocycles. The van der Waals surface area contributed by atoms with Crippen LogP contribution in [0.25, 0.3) is 0 Å². The molecule has 98 valence electrons. The lowest BCUT2D eigenvalue weighted by Crippen LogP contribution is -2.46. The Morgan fingerprint density at radius 1 is 1.39 bits per heavy atom. The van der Waals surface area contributed by atoms with Gasteiger partial charge in [-0.2, -0.15) is 0 Å². The molecule has 0 aliphatic heterocycles. The quantitative estimate of drug-likeness (QED) is 0.824. The number of benzene rings is 1. The highest BCUT2D eigenvalue weighted by atomic mass is 35.5. The van der Waals surface area contributed by atoms with Crippen LogP contribution in [0.1, 0.15) is 25.8 Å². The van der Waals surface area contributed by atoms with E-state index >= 15 is 0 Å². The number of hydrogen-bond donors (Lipinski definition) is 2. The van der Waals surface area contributed by atoms with Gasteiger partial charge in [0, 0.05) is 10.6 Å². The van der Waals surface area contributed by atoms with Gasteiger partial charge >= 0.3 is 11.9 Å². The van der Waals surface area contributed by atoms with E-state index in [1.807, 2.05) is 18.2 Å². The first-order chi connectivity index (χ1) is 8.30. The van der Waals surface area contributed by atoms with E-state index in [4.69, 9.17) is 16.7 Å². The third-order valence-corrected chi connectivity index (χ3v) is 2.81.